The van der Waals surface area contributed by atoms with Crippen LogP contribution in [0.2, 0.25) is 5.02 Å². The van der Waals surface area contributed by atoms with Crippen molar-refractivity contribution >= 4 is 23.3 Å². The Labute approximate surface area is 111 Å². The Morgan fingerprint density at radius 1 is 1.56 bits per heavy atom. The molecule has 0 radical (unpaired) electrons. The molecular weight excluding hydrogens is 255 g/mol. The molecule has 3 nitrogen and oxygen atoms in total. The number of carbonyl (C=O) groups is 1. The van der Waals surface area contributed by atoms with Crippen molar-refractivity contribution in [1.29, 1.82) is 0 Å². The van der Waals surface area contributed by atoms with Crippen LogP contribution in [0, 0.1) is 11.7 Å². The minimum atomic E-state index is -0.513. The first kappa shape index (κ1) is 13.1. The lowest BCUT2D eigenvalue weighted by atomic mass is 10.0. The molecule has 1 aliphatic heterocycles. The third kappa shape index (κ3) is 3.13. The maximum atomic E-state index is 13.5. The molecule has 2 amide bonds. The maximum absolute atomic E-state index is 13.5. The fraction of sp³-hybridized carbons (Fsp3) is 0.462. The van der Waals surface area contributed by atoms with Gasteiger partial charge in [0.1, 0.15) is 5.82 Å². The number of hydrogen-bond donors (Lipinski definition) is 1. The summed E-state index contributed by atoms with van der Waals surface area (Å²) < 4.78 is 13.5. The molecule has 2 rings (SSSR count). The lowest BCUT2D eigenvalue weighted by Crippen LogP contribution is -2.41. The minimum Gasteiger partial charge on any atom is -0.324 e. The van der Waals surface area contributed by atoms with Crippen molar-refractivity contribution in [2.24, 2.45) is 5.92 Å². The quantitative estimate of drug-likeness (QED) is 0.828. The monoisotopic (exact) mass is 270 g/mol. The number of halogens is 2. The third-order valence-corrected chi connectivity index (χ3v) is 3.35. The number of urea groups is 1. The molecule has 0 bridgehead atoms. The van der Waals surface area contributed by atoms with E-state index in [1.165, 1.54) is 12.1 Å². The topological polar surface area (TPSA) is 32.3 Å². The van der Waals surface area contributed by atoms with Crippen molar-refractivity contribution in [3.05, 3.63) is 29.0 Å². The Balaban J connectivity index is 2.02. The van der Waals surface area contributed by atoms with Crippen LogP contribution in [-0.2, 0) is 0 Å². The van der Waals surface area contributed by atoms with Gasteiger partial charge in [0.05, 0.1) is 5.69 Å². The van der Waals surface area contributed by atoms with E-state index in [2.05, 4.69) is 12.2 Å². The van der Waals surface area contributed by atoms with Crippen LogP contribution < -0.4 is 5.32 Å². The van der Waals surface area contributed by atoms with E-state index >= 15 is 0 Å². The van der Waals surface area contributed by atoms with Gasteiger partial charge in [0, 0.05) is 18.1 Å². The van der Waals surface area contributed by atoms with Crippen LogP contribution in [0.3, 0.4) is 0 Å². The summed E-state index contributed by atoms with van der Waals surface area (Å²) in [7, 11) is 0. The van der Waals surface area contributed by atoms with Gasteiger partial charge in [-0.1, -0.05) is 18.5 Å². The van der Waals surface area contributed by atoms with Crippen molar-refractivity contribution in [2.75, 3.05) is 18.4 Å². The molecule has 0 aliphatic carbocycles. The summed E-state index contributed by atoms with van der Waals surface area (Å²) in [6.07, 6.45) is 2.14. The van der Waals surface area contributed by atoms with Gasteiger partial charge in [-0.2, -0.15) is 0 Å². The van der Waals surface area contributed by atoms with Gasteiger partial charge in [0.25, 0.3) is 0 Å². The molecule has 0 spiro atoms. The zero-order valence-electron chi connectivity index (χ0n) is 10.2. The normalized spacial score (nSPS) is 19.7. The van der Waals surface area contributed by atoms with Crippen LogP contribution in [0.5, 0.6) is 0 Å². The Morgan fingerprint density at radius 3 is 3.00 bits per heavy atom. The van der Waals surface area contributed by atoms with Gasteiger partial charge in [-0.25, -0.2) is 9.18 Å². The summed E-state index contributed by atoms with van der Waals surface area (Å²) in [4.78, 5) is 13.7. The van der Waals surface area contributed by atoms with Crippen molar-refractivity contribution < 1.29 is 9.18 Å². The van der Waals surface area contributed by atoms with Gasteiger partial charge in [0.2, 0.25) is 0 Å². The molecule has 1 N–H and O–H groups in total. The largest absolute Gasteiger partial charge is 0.324 e. The Hall–Kier alpha value is -1.29. The van der Waals surface area contributed by atoms with Gasteiger partial charge >= 0.3 is 6.03 Å². The predicted octanol–water partition coefficient (Wildman–Crippen LogP) is 3.74. The molecule has 5 heteroatoms. The molecule has 18 heavy (non-hydrogen) atoms. The molecule has 1 saturated heterocycles. The van der Waals surface area contributed by atoms with E-state index in [4.69, 9.17) is 11.6 Å². The second-order valence-electron chi connectivity index (χ2n) is 4.75. The van der Waals surface area contributed by atoms with E-state index in [1.54, 1.807) is 11.0 Å². The number of hydrogen-bond acceptors (Lipinski definition) is 1. The molecule has 1 aromatic carbocycles. The minimum absolute atomic E-state index is 0.169. The highest BCUT2D eigenvalue weighted by Crippen LogP contribution is 2.21. The zero-order chi connectivity index (χ0) is 13.1. The average Bonchev–Trinajstić information content (AvgIpc) is 2.32. The fourth-order valence-electron chi connectivity index (χ4n) is 2.16. The van der Waals surface area contributed by atoms with Crippen molar-refractivity contribution in [1.82, 2.24) is 4.90 Å². The third-order valence-electron chi connectivity index (χ3n) is 3.12. The number of amides is 2. The number of nitrogens with one attached hydrogen (secondary N) is 1. The zero-order valence-corrected chi connectivity index (χ0v) is 11.0. The van der Waals surface area contributed by atoms with Gasteiger partial charge in [-0.05, 0) is 37.0 Å². The summed E-state index contributed by atoms with van der Waals surface area (Å²) in [6.45, 7) is 3.56. The summed E-state index contributed by atoms with van der Waals surface area (Å²) in [5.41, 5.74) is 0.169. The number of benzene rings is 1. The fourth-order valence-corrected chi connectivity index (χ4v) is 2.32. The molecule has 1 aromatic rings. The molecular formula is C13H16ClFN2O. The van der Waals surface area contributed by atoms with E-state index < -0.39 is 5.82 Å². The SMILES string of the molecule is C[C@@H]1CCCN(C(=O)Nc2ccc(Cl)cc2F)C1. The van der Waals surface area contributed by atoms with E-state index in [1.807, 2.05) is 0 Å². The second kappa shape index (κ2) is 5.57. The molecule has 98 valence electrons. The first-order valence-electron chi connectivity index (χ1n) is 6.07. The highest BCUT2D eigenvalue weighted by atomic mass is 35.5. The number of carbonyl (C=O) groups excluding carboxylic acids is 1. The summed E-state index contributed by atoms with van der Waals surface area (Å²) >= 11 is 5.66. The Morgan fingerprint density at radius 2 is 2.33 bits per heavy atom. The van der Waals surface area contributed by atoms with Crippen LogP contribution in [-0.4, -0.2) is 24.0 Å². The summed E-state index contributed by atoms with van der Waals surface area (Å²) in [5.74, 6) is -0.0135. The van der Waals surface area contributed by atoms with E-state index in [0.29, 0.717) is 10.9 Å². The number of anilines is 1. The van der Waals surface area contributed by atoms with Crippen molar-refractivity contribution in [2.45, 2.75) is 19.8 Å². The molecule has 0 unspecified atom stereocenters. The van der Waals surface area contributed by atoms with Crippen molar-refractivity contribution in [3.63, 3.8) is 0 Å². The number of piperidine rings is 1. The Bertz CT molecular complexity index is 453. The average molecular weight is 271 g/mol. The number of rotatable bonds is 1. The first-order chi connectivity index (χ1) is 8.56. The van der Waals surface area contributed by atoms with Gasteiger partial charge in [-0.3, -0.25) is 0 Å². The smallest absolute Gasteiger partial charge is 0.321 e. The van der Waals surface area contributed by atoms with Crippen LogP contribution >= 0.6 is 11.6 Å². The molecule has 1 aliphatic rings. The molecule has 0 aromatic heterocycles. The number of likely N-dealkylation sites (tertiary alicyclic amines) is 1. The maximum Gasteiger partial charge on any atom is 0.321 e. The predicted molar refractivity (Wildman–Crippen MR) is 70.4 cm³/mol. The van der Waals surface area contributed by atoms with Gasteiger partial charge in [0.15, 0.2) is 0 Å². The van der Waals surface area contributed by atoms with Crippen LogP contribution in [0.1, 0.15) is 19.8 Å². The summed E-state index contributed by atoms with van der Waals surface area (Å²) in [6, 6.07) is 3.97. The first-order valence-corrected chi connectivity index (χ1v) is 6.45. The molecule has 1 fully saturated rings. The highest BCUT2D eigenvalue weighted by Gasteiger charge is 2.21. The van der Waals surface area contributed by atoms with E-state index in [9.17, 15) is 9.18 Å². The van der Waals surface area contributed by atoms with Crippen LogP contribution in [0.4, 0.5) is 14.9 Å². The standard InChI is InChI=1S/C13H16ClFN2O/c1-9-3-2-6-17(8-9)13(18)16-12-5-4-10(14)7-11(12)15/h4-5,7,9H,2-3,6,8H2,1H3,(H,16,18)/t9-/m1/s1. The second-order valence-corrected chi connectivity index (χ2v) is 5.18. The van der Waals surface area contributed by atoms with Crippen molar-refractivity contribution in [3.8, 4) is 0 Å². The van der Waals surface area contributed by atoms with Crippen LogP contribution in [0.25, 0.3) is 0 Å². The molecule has 1 heterocycles. The van der Waals surface area contributed by atoms with Crippen LogP contribution in [0.15, 0.2) is 18.2 Å². The molecule has 1 atom stereocenters. The summed E-state index contributed by atoms with van der Waals surface area (Å²) in [5, 5.41) is 2.90. The van der Waals surface area contributed by atoms with Gasteiger partial charge in [-0.15, -0.1) is 0 Å². The Kier molecular flexibility index (Phi) is 4.07. The lowest BCUT2D eigenvalue weighted by molar-refractivity contribution is 0.182. The lowest BCUT2D eigenvalue weighted by Gasteiger charge is -2.30. The molecule has 0 saturated carbocycles. The van der Waals surface area contributed by atoms with E-state index in [0.717, 1.165) is 25.9 Å². The van der Waals surface area contributed by atoms with E-state index in [-0.39, 0.29) is 11.7 Å². The van der Waals surface area contributed by atoms with Gasteiger partial charge < -0.3 is 10.2 Å². The number of nitrogens with zero attached hydrogens (tertiary/aromatic N) is 1. The highest BCUT2D eigenvalue weighted by molar-refractivity contribution is 6.30.